The number of carbonyl (C=O) groups excluding carboxylic acids is 1. The van der Waals surface area contributed by atoms with Gasteiger partial charge < -0.3 is 9.47 Å². The molecule has 0 bridgehead atoms. The number of aryl methyl sites for hydroxylation is 1. The highest BCUT2D eigenvalue weighted by Gasteiger charge is 2.23. The topological polar surface area (TPSA) is 56.6 Å². The third-order valence-corrected chi connectivity index (χ3v) is 3.80. The third-order valence-electron chi connectivity index (χ3n) is 3.80. The summed E-state index contributed by atoms with van der Waals surface area (Å²) in [4.78, 5) is 14.2. The van der Waals surface area contributed by atoms with Crippen LogP contribution in [0.4, 0.5) is 0 Å². The van der Waals surface area contributed by atoms with Gasteiger partial charge in [0.25, 0.3) is 0 Å². The van der Waals surface area contributed by atoms with Gasteiger partial charge in [0.05, 0.1) is 24.6 Å². The summed E-state index contributed by atoms with van der Waals surface area (Å²) >= 11 is 0. The van der Waals surface area contributed by atoms with E-state index >= 15 is 0 Å². The normalized spacial score (nSPS) is 17.4. The minimum absolute atomic E-state index is 0.289. The Balaban J connectivity index is 2.02. The van der Waals surface area contributed by atoms with Crippen LogP contribution < -0.4 is 0 Å². The van der Waals surface area contributed by atoms with Gasteiger partial charge in [-0.15, -0.1) is 0 Å². The zero-order valence-corrected chi connectivity index (χ0v) is 12.5. The summed E-state index contributed by atoms with van der Waals surface area (Å²) in [6, 6.07) is 0. The van der Waals surface area contributed by atoms with Crippen LogP contribution in [0.25, 0.3) is 0 Å². The molecule has 0 atom stereocenters. The zero-order chi connectivity index (χ0) is 14.5. The van der Waals surface area contributed by atoms with Crippen LogP contribution in [0.5, 0.6) is 0 Å². The first-order valence-electron chi connectivity index (χ1n) is 7.08. The molecule has 1 aliphatic heterocycles. The number of rotatable bonds is 5. The molecule has 20 heavy (non-hydrogen) atoms. The Morgan fingerprint density at radius 2 is 2.15 bits per heavy atom. The van der Waals surface area contributed by atoms with Gasteiger partial charge in [0.2, 0.25) is 0 Å². The maximum Gasteiger partial charge on any atom is 0.341 e. The second-order valence-electron chi connectivity index (χ2n) is 5.06. The van der Waals surface area contributed by atoms with Gasteiger partial charge in [0.1, 0.15) is 5.56 Å². The first-order valence-corrected chi connectivity index (χ1v) is 7.08. The molecule has 0 spiro atoms. The van der Waals surface area contributed by atoms with Crippen LogP contribution >= 0.6 is 0 Å². The average Bonchev–Trinajstić information content (AvgIpc) is 2.81. The van der Waals surface area contributed by atoms with Crippen molar-refractivity contribution in [3.8, 4) is 0 Å². The smallest absolute Gasteiger partial charge is 0.341 e. The fourth-order valence-corrected chi connectivity index (χ4v) is 2.54. The quantitative estimate of drug-likeness (QED) is 0.759. The van der Waals surface area contributed by atoms with Crippen molar-refractivity contribution in [1.82, 2.24) is 14.7 Å². The highest BCUT2D eigenvalue weighted by atomic mass is 16.5. The Morgan fingerprint density at radius 1 is 1.45 bits per heavy atom. The van der Waals surface area contributed by atoms with Crippen molar-refractivity contribution in [2.75, 3.05) is 26.8 Å². The summed E-state index contributed by atoms with van der Waals surface area (Å²) in [6.45, 7) is 4.87. The van der Waals surface area contributed by atoms with E-state index in [0.717, 1.165) is 38.2 Å². The highest BCUT2D eigenvalue weighted by molar-refractivity contribution is 5.90. The number of likely N-dealkylation sites (tertiary alicyclic amines) is 1. The van der Waals surface area contributed by atoms with Gasteiger partial charge in [-0.1, -0.05) is 0 Å². The number of methoxy groups -OCH3 is 1. The van der Waals surface area contributed by atoms with E-state index in [9.17, 15) is 4.79 Å². The number of esters is 1. The summed E-state index contributed by atoms with van der Waals surface area (Å²) in [7, 11) is 3.63. The van der Waals surface area contributed by atoms with E-state index in [4.69, 9.17) is 9.47 Å². The van der Waals surface area contributed by atoms with Gasteiger partial charge in [0.15, 0.2) is 0 Å². The van der Waals surface area contributed by atoms with Crippen LogP contribution in [0.3, 0.4) is 0 Å². The maximum absolute atomic E-state index is 11.9. The van der Waals surface area contributed by atoms with E-state index in [2.05, 4.69) is 10.00 Å². The number of piperidine rings is 1. The predicted molar refractivity (Wildman–Crippen MR) is 74.5 cm³/mol. The SMILES string of the molecule is CCOC(=O)c1cnn(C)c1CN1CCC(OC)CC1. The highest BCUT2D eigenvalue weighted by Crippen LogP contribution is 2.18. The third kappa shape index (κ3) is 3.37. The van der Waals surface area contributed by atoms with Gasteiger partial charge in [-0.3, -0.25) is 9.58 Å². The largest absolute Gasteiger partial charge is 0.462 e. The van der Waals surface area contributed by atoms with E-state index in [0.29, 0.717) is 18.3 Å². The van der Waals surface area contributed by atoms with E-state index < -0.39 is 0 Å². The molecular formula is C14H23N3O3. The average molecular weight is 281 g/mol. The lowest BCUT2D eigenvalue weighted by molar-refractivity contribution is 0.0376. The number of ether oxygens (including phenoxy) is 2. The summed E-state index contributed by atoms with van der Waals surface area (Å²) in [5, 5.41) is 4.18. The fraction of sp³-hybridized carbons (Fsp3) is 0.714. The molecule has 1 aromatic heterocycles. The molecular weight excluding hydrogens is 258 g/mol. The van der Waals surface area contributed by atoms with E-state index in [1.54, 1.807) is 18.0 Å². The molecule has 0 amide bonds. The van der Waals surface area contributed by atoms with Crippen LogP contribution in [0, 0.1) is 0 Å². The van der Waals surface area contributed by atoms with Gasteiger partial charge in [-0.25, -0.2) is 4.79 Å². The molecule has 2 rings (SSSR count). The predicted octanol–water partition coefficient (Wildman–Crippen LogP) is 1.21. The molecule has 0 N–H and O–H groups in total. The van der Waals surface area contributed by atoms with Crippen molar-refractivity contribution in [2.45, 2.75) is 32.4 Å². The zero-order valence-electron chi connectivity index (χ0n) is 12.5. The molecule has 0 radical (unpaired) electrons. The molecule has 112 valence electrons. The lowest BCUT2D eigenvalue weighted by atomic mass is 10.1. The molecule has 6 nitrogen and oxygen atoms in total. The minimum Gasteiger partial charge on any atom is -0.462 e. The summed E-state index contributed by atoms with van der Waals surface area (Å²) in [5.74, 6) is -0.289. The van der Waals surface area contributed by atoms with Crippen LogP contribution in [-0.2, 0) is 23.1 Å². The summed E-state index contributed by atoms with van der Waals surface area (Å²) < 4.78 is 12.2. The summed E-state index contributed by atoms with van der Waals surface area (Å²) in [6.07, 6.45) is 4.02. The van der Waals surface area contributed by atoms with Crippen molar-refractivity contribution >= 4 is 5.97 Å². The van der Waals surface area contributed by atoms with Crippen LogP contribution in [0.15, 0.2) is 6.20 Å². The first kappa shape index (κ1) is 15.0. The molecule has 0 aromatic carbocycles. The molecule has 1 saturated heterocycles. The second kappa shape index (κ2) is 6.85. The minimum atomic E-state index is -0.289. The van der Waals surface area contributed by atoms with E-state index in [1.807, 2.05) is 14.0 Å². The Morgan fingerprint density at radius 3 is 2.75 bits per heavy atom. The molecule has 1 aliphatic rings. The molecule has 1 fully saturated rings. The maximum atomic E-state index is 11.9. The lowest BCUT2D eigenvalue weighted by Gasteiger charge is -2.31. The van der Waals surface area contributed by atoms with Crippen LogP contribution in [0.1, 0.15) is 35.8 Å². The Bertz CT molecular complexity index is 451. The van der Waals surface area contributed by atoms with Crippen molar-refractivity contribution in [2.24, 2.45) is 7.05 Å². The second-order valence-corrected chi connectivity index (χ2v) is 5.06. The number of nitrogens with zero attached hydrogens (tertiary/aromatic N) is 3. The summed E-state index contributed by atoms with van der Waals surface area (Å²) in [5.41, 5.74) is 1.49. The van der Waals surface area contributed by atoms with Crippen molar-refractivity contribution in [1.29, 1.82) is 0 Å². The van der Waals surface area contributed by atoms with Gasteiger partial charge >= 0.3 is 5.97 Å². The standard InChI is InChI=1S/C14H23N3O3/c1-4-20-14(18)12-9-15-16(2)13(12)10-17-7-5-11(19-3)6-8-17/h9,11H,4-8,10H2,1-3H3. The Hall–Kier alpha value is -1.40. The lowest BCUT2D eigenvalue weighted by Crippen LogP contribution is -2.37. The van der Waals surface area contributed by atoms with Gasteiger partial charge in [0, 0.05) is 33.8 Å². The van der Waals surface area contributed by atoms with Crippen molar-refractivity contribution < 1.29 is 14.3 Å². The van der Waals surface area contributed by atoms with Crippen LogP contribution in [-0.4, -0.2) is 53.6 Å². The molecule has 0 unspecified atom stereocenters. The van der Waals surface area contributed by atoms with Crippen molar-refractivity contribution in [3.63, 3.8) is 0 Å². The van der Waals surface area contributed by atoms with E-state index in [-0.39, 0.29) is 5.97 Å². The van der Waals surface area contributed by atoms with Gasteiger partial charge in [-0.2, -0.15) is 5.10 Å². The number of aromatic nitrogens is 2. The number of carbonyl (C=O) groups is 1. The first-order chi connectivity index (χ1) is 9.65. The molecule has 2 heterocycles. The number of hydrogen-bond donors (Lipinski definition) is 0. The Labute approximate surface area is 119 Å². The fourth-order valence-electron chi connectivity index (χ4n) is 2.54. The van der Waals surface area contributed by atoms with Crippen LogP contribution in [0.2, 0.25) is 0 Å². The molecule has 6 heteroatoms. The van der Waals surface area contributed by atoms with Gasteiger partial charge in [-0.05, 0) is 19.8 Å². The van der Waals surface area contributed by atoms with E-state index in [1.165, 1.54) is 0 Å². The number of hydrogen-bond acceptors (Lipinski definition) is 5. The molecule has 0 aliphatic carbocycles. The molecule has 0 saturated carbocycles. The van der Waals surface area contributed by atoms with Crippen molar-refractivity contribution in [3.05, 3.63) is 17.5 Å². The Kier molecular flexibility index (Phi) is 5.14. The molecule has 1 aromatic rings. The monoisotopic (exact) mass is 281 g/mol.